The summed E-state index contributed by atoms with van der Waals surface area (Å²) in [4.78, 5) is 12.4. The molecular weight excluding hydrogens is 320 g/mol. The van der Waals surface area contributed by atoms with Crippen LogP contribution in [0, 0.1) is 0 Å². The van der Waals surface area contributed by atoms with Crippen LogP contribution in [0.15, 0.2) is 24.3 Å². The normalized spacial score (nSPS) is 22.4. The van der Waals surface area contributed by atoms with Crippen LogP contribution in [0.4, 0.5) is 14.5 Å². The Balaban J connectivity index is 2.51. The van der Waals surface area contributed by atoms with Crippen LogP contribution in [0.3, 0.4) is 0 Å². The van der Waals surface area contributed by atoms with Gasteiger partial charge in [0, 0.05) is 5.69 Å². The number of anilines is 1. The van der Waals surface area contributed by atoms with Crippen LogP contribution in [-0.4, -0.2) is 39.4 Å². The first-order valence-electron chi connectivity index (χ1n) is 7.59. The standard InChI is InChI=1S/C16H23F2NO3Si/c1-6-22-14(20)15(11-16(15,17)18)19(23(3,4)5)12-7-9-13(21-2)10-8-12/h7-10H,6,11H2,1-5H3. The van der Waals surface area contributed by atoms with Crippen molar-refractivity contribution in [3.63, 3.8) is 0 Å². The van der Waals surface area contributed by atoms with E-state index in [0.717, 1.165) is 0 Å². The van der Waals surface area contributed by atoms with Crippen LogP contribution in [0.25, 0.3) is 0 Å². The molecule has 0 radical (unpaired) electrons. The minimum Gasteiger partial charge on any atom is -0.497 e. The highest BCUT2D eigenvalue weighted by Gasteiger charge is 2.81. The summed E-state index contributed by atoms with van der Waals surface area (Å²) in [6, 6.07) is 6.85. The lowest BCUT2D eigenvalue weighted by molar-refractivity contribution is -0.148. The first-order valence-corrected chi connectivity index (χ1v) is 11.0. The number of ether oxygens (including phenoxy) is 2. The van der Waals surface area contributed by atoms with Crippen molar-refractivity contribution < 1.29 is 23.0 Å². The van der Waals surface area contributed by atoms with Crippen LogP contribution in [0.5, 0.6) is 5.75 Å². The Hall–Kier alpha value is -1.63. The second-order valence-corrected chi connectivity index (χ2v) is 11.5. The van der Waals surface area contributed by atoms with Gasteiger partial charge in [-0.15, -0.1) is 0 Å². The van der Waals surface area contributed by atoms with E-state index in [2.05, 4.69) is 0 Å². The smallest absolute Gasteiger partial charge is 0.337 e. The maximum Gasteiger partial charge on any atom is 0.337 e. The van der Waals surface area contributed by atoms with E-state index in [-0.39, 0.29) is 6.61 Å². The van der Waals surface area contributed by atoms with Gasteiger partial charge in [-0.2, -0.15) is 0 Å². The minimum atomic E-state index is -3.08. The molecule has 0 amide bonds. The molecule has 1 aliphatic carbocycles. The van der Waals surface area contributed by atoms with Gasteiger partial charge in [0.05, 0.1) is 20.1 Å². The van der Waals surface area contributed by atoms with Crippen LogP contribution in [0.2, 0.25) is 19.6 Å². The lowest BCUT2D eigenvalue weighted by Crippen LogP contribution is -2.60. The maximum atomic E-state index is 14.3. The van der Waals surface area contributed by atoms with Crippen molar-refractivity contribution in [2.75, 3.05) is 18.3 Å². The van der Waals surface area contributed by atoms with Gasteiger partial charge in [0.25, 0.3) is 5.92 Å². The van der Waals surface area contributed by atoms with E-state index in [1.807, 2.05) is 19.6 Å². The topological polar surface area (TPSA) is 38.8 Å². The van der Waals surface area contributed by atoms with Crippen LogP contribution < -0.4 is 9.30 Å². The van der Waals surface area contributed by atoms with Gasteiger partial charge in [-0.1, -0.05) is 19.6 Å². The van der Waals surface area contributed by atoms with E-state index in [9.17, 15) is 13.6 Å². The van der Waals surface area contributed by atoms with Crippen molar-refractivity contribution in [2.24, 2.45) is 0 Å². The third kappa shape index (κ3) is 2.94. The molecule has 4 nitrogen and oxygen atoms in total. The van der Waals surface area contributed by atoms with Gasteiger partial charge in [0.1, 0.15) is 14.0 Å². The van der Waals surface area contributed by atoms with Crippen molar-refractivity contribution >= 4 is 19.9 Å². The zero-order valence-electron chi connectivity index (χ0n) is 14.2. The minimum absolute atomic E-state index is 0.0822. The molecule has 23 heavy (non-hydrogen) atoms. The average Bonchev–Trinajstić information content (AvgIpc) is 3.02. The first-order chi connectivity index (χ1) is 10.6. The quantitative estimate of drug-likeness (QED) is 0.583. The monoisotopic (exact) mass is 343 g/mol. The number of rotatable bonds is 6. The van der Waals surface area contributed by atoms with Crippen molar-refractivity contribution in [1.82, 2.24) is 0 Å². The van der Waals surface area contributed by atoms with Gasteiger partial charge < -0.3 is 14.0 Å². The third-order valence-corrected chi connectivity index (χ3v) is 5.94. The maximum absolute atomic E-state index is 14.3. The number of nitrogens with zero attached hydrogens (tertiary/aromatic N) is 1. The Morgan fingerprint density at radius 3 is 2.13 bits per heavy atom. The highest BCUT2D eigenvalue weighted by atomic mass is 28.3. The van der Waals surface area contributed by atoms with Gasteiger partial charge in [-0.05, 0) is 31.2 Å². The first kappa shape index (κ1) is 17.7. The van der Waals surface area contributed by atoms with Gasteiger partial charge in [0.15, 0.2) is 0 Å². The van der Waals surface area contributed by atoms with Gasteiger partial charge in [-0.3, -0.25) is 0 Å². The summed E-state index contributed by atoms with van der Waals surface area (Å²) in [7, 11) is -0.755. The molecule has 0 bridgehead atoms. The number of hydrogen-bond acceptors (Lipinski definition) is 4. The number of halogens is 2. The Morgan fingerprint density at radius 2 is 1.78 bits per heavy atom. The highest BCUT2D eigenvalue weighted by Crippen LogP contribution is 2.59. The Kier molecular flexibility index (Phi) is 4.45. The zero-order valence-corrected chi connectivity index (χ0v) is 15.2. The molecule has 0 heterocycles. The second kappa shape index (κ2) is 5.78. The van der Waals surface area contributed by atoms with Gasteiger partial charge in [-0.25, -0.2) is 13.6 Å². The number of hydrogen-bond donors (Lipinski definition) is 0. The molecule has 1 aromatic rings. The van der Waals surface area contributed by atoms with Crippen molar-refractivity contribution in [3.05, 3.63) is 24.3 Å². The predicted octanol–water partition coefficient (Wildman–Crippen LogP) is 3.68. The summed E-state index contributed by atoms with van der Waals surface area (Å²) < 4.78 is 40.3. The number of alkyl halides is 2. The molecular formula is C16H23F2NO3Si. The molecule has 7 heteroatoms. The molecule has 0 spiro atoms. The molecule has 0 aliphatic heterocycles. The third-order valence-electron chi connectivity index (χ3n) is 3.95. The fraction of sp³-hybridized carbons (Fsp3) is 0.562. The molecule has 1 aliphatic rings. The SMILES string of the molecule is CCOC(=O)C1(N(c2ccc(OC)cc2)[Si](C)(C)C)CC1(F)F. The molecule has 128 valence electrons. The lowest BCUT2D eigenvalue weighted by atomic mass is 10.2. The summed E-state index contributed by atoms with van der Waals surface area (Å²) in [6.45, 7) is 7.52. The summed E-state index contributed by atoms with van der Waals surface area (Å²) in [5, 5.41) is 0. The molecule has 1 fully saturated rings. The Bertz CT molecular complexity index is 586. The fourth-order valence-corrected chi connectivity index (χ4v) is 5.40. The van der Waals surface area contributed by atoms with Crippen LogP contribution in [0.1, 0.15) is 13.3 Å². The number of esters is 1. The van der Waals surface area contributed by atoms with Crippen molar-refractivity contribution in [2.45, 2.75) is 44.4 Å². The zero-order chi connectivity index (χ0) is 17.5. The van der Waals surface area contributed by atoms with E-state index in [1.165, 1.54) is 0 Å². The summed E-state index contributed by atoms with van der Waals surface area (Å²) >= 11 is 0. The molecule has 1 atom stereocenters. The summed E-state index contributed by atoms with van der Waals surface area (Å²) in [5.41, 5.74) is -1.29. The summed E-state index contributed by atoms with van der Waals surface area (Å²) in [5.74, 6) is -3.29. The predicted molar refractivity (Wildman–Crippen MR) is 87.7 cm³/mol. The van der Waals surface area contributed by atoms with Crippen LogP contribution >= 0.6 is 0 Å². The molecule has 1 unspecified atom stereocenters. The average molecular weight is 343 g/mol. The van der Waals surface area contributed by atoms with E-state index < -0.39 is 32.1 Å². The largest absolute Gasteiger partial charge is 0.497 e. The van der Waals surface area contributed by atoms with Gasteiger partial charge in [0.2, 0.25) is 5.54 Å². The number of methoxy groups -OCH3 is 1. The molecule has 1 aromatic carbocycles. The van der Waals surface area contributed by atoms with Crippen molar-refractivity contribution in [3.8, 4) is 5.75 Å². The van der Waals surface area contributed by atoms with Crippen LogP contribution in [-0.2, 0) is 9.53 Å². The Labute approximate surface area is 136 Å². The Morgan fingerprint density at radius 1 is 1.26 bits per heavy atom. The van der Waals surface area contributed by atoms with E-state index in [0.29, 0.717) is 11.4 Å². The van der Waals surface area contributed by atoms with E-state index in [1.54, 1.807) is 42.9 Å². The molecule has 0 N–H and O–H groups in total. The fourth-order valence-electron chi connectivity index (χ4n) is 2.99. The lowest BCUT2D eigenvalue weighted by Gasteiger charge is -2.42. The highest BCUT2D eigenvalue weighted by molar-refractivity contribution is 6.80. The number of carbonyl (C=O) groups is 1. The molecule has 0 saturated heterocycles. The summed E-state index contributed by atoms with van der Waals surface area (Å²) in [6.07, 6.45) is -0.505. The number of carbonyl (C=O) groups excluding carboxylic acids is 1. The van der Waals surface area contributed by atoms with Gasteiger partial charge >= 0.3 is 5.97 Å². The van der Waals surface area contributed by atoms with Crippen molar-refractivity contribution in [1.29, 1.82) is 0 Å². The molecule has 2 rings (SSSR count). The van der Waals surface area contributed by atoms with E-state index in [4.69, 9.17) is 9.47 Å². The molecule has 1 saturated carbocycles. The molecule has 0 aromatic heterocycles. The van der Waals surface area contributed by atoms with E-state index >= 15 is 0 Å². The second-order valence-electron chi connectivity index (χ2n) is 6.67. The number of benzene rings is 1.